The van der Waals surface area contributed by atoms with Crippen LogP contribution in [-0.2, 0) is 40.3 Å². The minimum atomic E-state index is -2.76. The summed E-state index contributed by atoms with van der Waals surface area (Å²) in [5, 5.41) is 7.66. The number of anilines is 3. The Morgan fingerprint density at radius 1 is 0.879 bits per heavy atom. The quantitative estimate of drug-likeness (QED) is 0.186. The number of likely N-dealkylation sites (tertiary alicyclic amines) is 1. The molecule has 3 aromatic heterocycles. The van der Waals surface area contributed by atoms with Crippen molar-refractivity contribution in [3.63, 3.8) is 0 Å². The van der Waals surface area contributed by atoms with Gasteiger partial charge in [0.1, 0.15) is 17.4 Å². The Kier molecular flexibility index (Phi) is 10.5. The van der Waals surface area contributed by atoms with Crippen molar-refractivity contribution in [2.75, 3.05) is 56.2 Å². The molecule has 6 aliphatic heterocycles. The average molecular weight is 905 g/mol. The second-order valence-corrected chi connectivity index (χ2v) is 18.4. The second-order valence-electron chi connectivity index (χ2n) is 18.4. The minimum absolute atomic E-state index is 0.0154. The van der Waals surface area contributed by atoms with Gasteiger partial charge in [-0.25, -0.2) is 18.2 Å². The van der Waals surface area contributed by atoms with E-state index in [9.17, 15) is 19.2 Å². The first-order valence-electron chi connectivity index (χ1n) is 23.0. The molecule has 0 spiro atoms. The van der Waals surface area contributed by atoms with Crippen molar-refractivity contribution in [3.05, 3.63) is 88.3 Å². The summed E-state index contributed by atoms with van der Waals surface area (Å²) in [4.78, 5) is 64.6. The second kappa shape index (κ2) is 16.5. The molecule has 3 saturated heterocycles. The predicted molar refractivity (Wildman–Crippen MR) is 237 cm³/mol. The van der Waals surface area contributed by atoms with E-state index < -0.39 is 30.1 Å². The molecular formula is C48H51F3N10O5. The molecule has 1 unspecified atom stereocenters. The molecule has 0 saturated carbocycles. The summed E-state index contributed by atoms with van der Waals surface area (Å²) < 4.78 is 56.3. The zero-order valence-electron chi connectivity index (χ0n) is 36.9. The number of benzene rings is 2. The van der Waals surface area contributed by atoms with E-state index in [2.05, 4.69) is 29.7 Å². The molecule has 1 N–H and O–H groups in total. The van der Waals surface area contributed by atoms with Gasteiger partial charge in [0.15, 0.2) is 11.6 Å². The Morgan fingerprint density at radius 3 is 2.47 bits per heavy atom. The van der Waals surface area contributed by atoms with Crippen molar-refractivity contribution in [3.8, 4) is 16.9 Å². The van der Waals surface area contributed by atoms with E-state index in [1.165, 1.54) is 12.0 Å². The highest BCUT2D eigenvalue weighted by Gasteiger charge is 2.42. The van der Waals surface area contributed by atoms with E-state index in [-0.39, 0.29) is 60.0 Å². The molecule has 0 bridgehead atoms. The van der Waals surface area contributed by atoms with Crippen LogP contribution in [0.3, 0.4) is 0 Å². The van der Waals surface area contributed by atoms with Crippen molar-refractivity contribution in [1.29, 1.82) is 0 Å². The van der Waals surface area contributed by atoms with E-state index in [0.717, 1.165) is 55.6 Å². The van der Waals surface area contributed by atoms with Gasteiger partial charge < -0.3 is 28.7 Å². The highest BCUT2D eigenvalue weighted by Crippen LogP contribution is 2.46. The Bertz CT molecular complexity index is 2820. The van der Waals surface area contributed by atoms with Crippen LogP contribution in [0.5, 0.6) is 5.75 Å². The zero-order chi connectivity index (χ0) is 45.5. The van der Waals surface area contributed by atoms with Crippen molar-refractivity contribution in [2.24, 2.45) is 0 Å². The first-order valence-corrected chi connectivity index (χ1v) is 23.0. The maximum absolute atomic E-state index is 16.3. The number of alkyl halides is 2. The third kappa shape index (κ3) is 7.06. The SMILES string of the molecule is COc1cn2ccnc2cc1-c1cc2c(cc1C(F)F)N(c1nn(C3CCN([C@@H]4CCN(c5ccc6c(c5F)CN(C5CCC(=O)NC5=O)C6=O)C4)CC3)c3c1CN(C(C)=O)CC3)CCC2. The van der Waals surface area contributed by atoms with Crippen LogP contribution >= 0.6 is 0 Å². The molecular weight excluding hydrogens is 854 g/mol. The lowest BCUT2D eigenvalue weighted by molar-refractivity contribution is -0.137. The average Bonchev–Trinajstić information content (AvgIpc) is 4.14. The van der Waals surface area contributed by atoms with Gasteiger partial charge in [-0.05, 0) is 80.0 Å². The van der Waals surface area contributed by atoms with Crippen molar-refractivity contribution < 1.29 is 37.1 Å². The lowest BCUT2D eigenvalue weighted by atomic mass is 9.91. The third-order valence-electron chi connectivity index (χ3n) is 14.9. The number of imide groups is 1. The predicted octanol–water partition coefficient (Wildman–Crippen LogP) is 5.95. The lowest BCUT2D eigenvalue weighted by Gasteiger charge is -2.37. The number of methoxy groups -OCH3 is 1. The maximum atomic E-state index is 16.3. The molecule has 0 aliphatic carbocycles. The van der Waals surface area contributed by atoms with E-state index >= 15 is 13.2 Å². The number of rotatable bonds is 8. The molecule has 2 aromatic carbocycles. The van der Waals surface area contributed by atoms with E-state index in [4.69, 9.17) is 9.84 Å². The molecule has 15 nitrogen and oxygen atoms in total. The number of pyridine rings is 1. The molecule has 4 amide bonds. The minimum Gasteiger partial charge on any atom is -0.495 e. The topological polar surface area (TPSA) is 141 Å². The maximum Gasteiger partial charge on any atom is 0.264 e. The van der Waals surface area contributed by atoms with Crippen LogP contribution in [0.2, 0.25) is 0 Å². The largest absolute Gasteiger partial charge is 0.495 e. The van der Waals surface area contributed by atoms with Crippen molar-refractivity contribution in [2.45, 2.75) is 95.9 Å². The zero-order valence-corrected chi connectivity index (χ0v) is 36.9. The number of piperidine rings is 2. The summed E-state index contributed by atoms with van der Waals surface area (Å²) in [7, 11) is 1.53. The number of imidazole rings is 1. The number of hydrogen-bond acceptors (Lipinski definition) is 10. The fraction of sp³-hybridized carbons (Fsp3) is 0.458. The molecule has 11 rings (SSSR count). The number of nitrogens with one attached hydrogen (secondary N) is 1. The highest BCUT2D eigenvalue weighted by molar-refractivity contribution is 6.05. The molecule has 9 heterocycles. The number of hydrogen-bond donors (Lipinski definition) is 1. The van der Waals surface area contributed by atoms with Gasteiger partial charge in [-0.3, -0.25) is 34.1 Å². The number of amides is 4. The summed E-state index contributed by atoms with van der Waals surface area (Å²) >= 11 is 0. The van der Waals surface area contributed by atoms with Gasteiger partial charge in [0.2, 0.25) is 17.7 Å². The van der Waals surface area contributed by atoms with Crippen molar-refractivity contribution in [1.82, 2.24) is 39.2 Å². The number of aromatic nitrogens is 4. The number of fused-ring (bicyclic) bond motifs is 4. The Hall–Kier alpha value is -6.43. The monoisotopic (exact) mass is 904 g/mol. The Labute approximate surface area is 379 Å². The lowest BCUT2D eigenvalue weighted by Crippen LogP contribution is -2.52. The van der Waals surface area contributed by atoms with Crippen LogP contribution in [-0.4, -0.2) is 116 Å². The van der Waals surface area contributed by atoms with Crippen LogP contribution in [0.25, 0.3) is 16.8 Å². The van der Waals surface area contributed by atoms with Gasteiger partial charge in [-0.15, -0.1) is 0 Å². The van der Waals surface area contributed by atoms with Crippen LogP contribution in [0.15, 0.2) is 48.9 Å². The number of carbonyl (C=O) groups is 4. The number of aryl methyl sites for hydroxylation is 1. The third-order valence-corrected chi connectivity index (χ3v) is 14.9. The summed E-state index contributed by atoms with van der Waals surface area (Å²) in [5.41, 5.74) is 6.18. The molecule has 344 valence electrons. The number of nitrogens with zero attached hydrogens (tertiary/aromatic N) is 9. The van der Waals surface area contributed by atoms with Gasteiger partial charge in [0.05, 0.1) is 38.1 Å². The summed E-state index contributed by atoms with van der Waals surface area (Å²) in [5.74, 6) is -0.565. The van der Waals surface area contributed by atoms with Crippen LogP contribution < -0.4 is 19.9 Å². The Balaban J connectivity index is 0.827. The molecule has 2 atom stereocenters. The van der Waals surface area contributed by atoms with Crippen LogP contribution in [0, 0.1) is 5.82 Å². The van der Waals surface area contributed by atoms with E-state index in [1.807, 2.05) is 11.0 Å². The molecule has 18 heteroatoms. The van der Waals surface area contributed by atoms with Crippen molar-refractivity contribution >= 4 is 46.5 Å². The summed E-state index contributed by atoms with van der Waals surface area (Å²) in [6.07, 6.45) is 7.45. The van der Waals surface area contributed by atoms with Gasteiger partial charge in [-0.1, -0.05) is 0 Å². The fourth-order valence-electron chi connectivity index (χ4n) is 11.4. The standard InChI is InChI=1S/C48H51F3N10O5/c1-27(62)56-18-12-37-36(24-56)46(59-14-3-4-28-20-32(34(45(50)51)21-40(28)59)33-22-42-52-13-19-58(42)26-41(33)66-2)54-61(37)29-9-15-55(16-10-29)30-11-17-57(23-30)38-6-5-31-35(44(38)49)25-60(48(31)65)39-7-8-43(63)53-47(39)64/h5-6,13,19-22,26,29-30,39,45H,3-4,7-12,14-18,23-25H2,1-2H3,(H,53,63,64)/t30-,39?/m1/s1. The van der Waals surface area contributed by atoms with Gasteiger partial charge in [-0.2, -0.15) is 5.10 Å². The smallest absolute Gasteiger partial charge is 0.264 e. The summed E-state index contributed by atoms with van der Waals surface area (Å²) in [6.45, 7) is 6.05. The number of carbonyl (C=O) groups excluding carboxylic acids is 4. The molecule has 0 radical (unpaired) electrons. The van der Waals surface area contributed by atoms with Gasteiger partial charge in [0, 0.05) is 117 Å². The Morgan fingerprint density at radius 2 is 1.70 bits per heavy atom. The highest BCUT2D eigenvalue weighted by atomic mass is 19.3. The molecule has 6 aliphatic rings. The first kappa shape index (κ1) is 42.2. The summed E-state index contributed by atoms with van der Waals surface area (Å²) in [6, 6.07) is 8.10. The normalized spacial score (nSPS) is 21.5. The van der Waals surface area contributed by atoms with Crippen LogP contribution in [0.4, 0.5) is 30.4 Å². The molecule has 3 fully saturated rings. The van der Waals surface area contributed by atoms with Gasteiger partial charge in [0.25, 0.3) is 12.3 Å². The number of halogens is 3. The first-order chi connectivity index (χ1) is 31.9. The van der Waals surface area contributed by atoms with Gasteiger partial charge >= 0.3 is 0 Å². The number of ether oxygens (including phenoxy) is 1. The molecule has 66 heavy (non-hydrogen) atoms. The van der Waals surface area contributed by atoms with E-state index in [0.29, 0.717) is 85.3 Å². The van der Waals surface area contributed by atoms with E-state index in [1.54, 1.807) is 54.2 Å². The molecule has 5 aromatic rings. The van der Waals surface area contributed by atoms with Crippen LogP contribution in [0.1, 0.15) is 96.2 Å². The fourth-order valence-corrected chi connectivity index (χ4v) is 11.4.